The number of carbonyl (C=O) groups is 2. The summed E-state index contributed by atoms with van der Waals surface area (Å²) in [6, 6.07) is 6.79. The van der Waals surface area contributed by atoms with Crippen molar-refractivity contribution in [2.24, 2.45) is 13.0 Å². The number of amides is 2. The smallest absolute Gasteiger partial charge is 0.271 e. The van der Waals surface area contributed by atoms with Crippen LogP contribution in [0.2, 0.25) is 0 Å². The molecule has 2 N–H and O–H groups in total. The summed E-state index contributed by atoms with van der Waals surface area (Å²) in [5.74, 6) is 0.310. The van der Waals surface area contributed by atoms with Gasteiger partial charge in [0, 0.05) is 19.2 Å². The number of methoxy groups -OCH3 is 1. The molecule has 7 heteroatoms. The van der Waals surface area contributed by atoms with Gasteiger partial charge in [0.15, 0.2) is 0 Å². The van der Waals surface area contributed by atoms with Gasteiger partial charge < -0.3 is 15.4 Å². The summed E-state index contributed by atoms with van der Waals surface area (Å²) < 4.78 is 6.56. The molecule has 0 spiro atoms. The molecule has 0 atom stereocenters. The zero-order valence-electron chi connectivity index (χ0n) is 14.3. The summed E-state index contributed by atoms with van der Waals surface area (Å²) in [6.45, 7) is 4.57. The van der Waals surface area contributed by atoms with Crippen LogP contribution in [0.3, 0.4) is 0 Å². The van der Waals surface area contributed by atoms with E-state index in [4.69, 9.17) is 4.74 Å². The molecule has 0 saturated carbocycles. The van der Waals surface area contributed by atoms with Crippen molar-refractivity contribution in [3.63, 3.8) is 0 Å². The van der Waals surface area contributed by atoms with Gasteiger partial charge in [-0.3, -0.25) is 14.3 Å². The lowest BCUT2D eigenvalue weighted by atomic mass is 10.2. The summed E-state index contributed by atoms with van der Waals surface area (Å²) in [4.78, 5) is 24.7. The monoisotopic (exact) mass is 330 g/mol. The van der Waals surface area contributed by atoms with Crippen LogP contribution < -0.4 is 15.4 Å². The molecule has 0 fully saturated rings. The predicted molar refractivity (Wildman–Crippen MR) is 91.3 cm³/mol. The second-order valence-corrected chi connectivity index (χ2v) is 5.82. The number of benzene rings is 1. The van der Waals surface area contributed by atoms with Crippen LogP contribution in [0.15, 0.2) is 30.5 Å². The number of aromatic nitrogens is 2. The molecule has 2 aromatic rings. The van der Waals surface area contributed by atoms with Gasteiger partial charge >= 0.3 is 0 Å². The van der Waals surface area contributed by atoms with E-state index in [1.165, 1.54) is 18.0 Å². The van der Waals surface area contributed by atoms with Crippen molar-refractivity contribution in [3.8, 4) is 5.75 Å². The number of carbonyl (C=O) groups excluding carboxylic acids is 2. The van der Waals surface area contributed by atoms with Crippen molar-refractivity contribution in [1.82, 2.24) is 15.1 Å². The molecule has 2 rings (SSSR count). The Kier molecular flexibility index (Phi) is 5.57. The Morgan fingerprint density at radius 2 is 2.04 bits per heavy atom. The number of anilines is 1. The van der Waals surface area contributed by atoms with E-state index >= 15 is 0 Å². The Morgan fingerprint density at radius 1 is 1.29 bits per heavy atom. The Hall–Kier alpha value is -2.83. The highest BCUT2D eigenvalue weighted by Gasteiger charge is 2.19. The van der Waals surface area contributed by atoms with E-state index in [1.807, 2.05) is 13.8 Å². The van der Waals surface area contributed by atoms with E-state index in [-0.39, 0.29) is 11.8 Å². The first-order chi connectivity index (χ1) is 11.4. The highest BCUT2D eigenvalue weighted by molar-refractivity contribution is 6.08. The van der Waals surface area contributed by atoms with Crippen LogP contribution in [0.25, 0.3) is 0 Å². The molecule has 7 nitrogen and oxygen atoms in total. The predicted octanol–water partition coefficient (Wildman–Crippen LogP) is 2.07. The lowest BCUT2D eigenvalue weighted by Crippen LogP contribution is -2.30. The van der Waals surface area contributed by atoms with E-state index in [0.717, 1.165) is 0 Å². The second kappa shape index (κ2) is 7.63. The quantitative estimate of drug-likeness (QED) is 0.849. The maximum atomic E-state index is 12.4. The van der Waals surface area contributed by atoms with Gasteiger partial charge in [-0.25, -0.2) is 0 Å². The zero-order chi connectivity index (χ0) is 17.7. The standard InChI is InChI=1S/C17H22N4O3/c1-11(2)9-18-17(23)15-14(10-19-21(15)3)20-16(22)12-6-5-7-13(8-12)24-4/h5-8,10-11H,9H2,1-4H3,(H,18,23)(H,20,22). The van der Waals surface area contributed by atoms with Crippen molar-refractivity contribution < 1.29 is 14.3 Å². The Labute approximate surface area is 141 Å². The van der Waals surface area contributed by atoms with Crippen LogP contribution >= 0.6 is 0 Å². The van der Waals surface area contributed by atoms with Gasteiger partial charge in [-0.05, 0) is 24.1 Å². The fourth-order valence-corrected chi connectivity index (χ4v) is 2.14. The normalized spacial score (nSPS) is 10.5. The van der Waals surface area contributed by atoms with E-state index in [9.17, 15) is 9.59 Å². The SMILES string of the molecule is COc1cccc(C(=O)Nc2cnn(C)c2C(=O)NCC(C)C)c1. The van der Waals surface area contributed by atoms with Crippen LogP contribution in [-0.2, 0) is 7.05 Å². The fraction of sp³-hybridized carbons (Fsp3) is 0.353. The average molecular weight is 330 g/mol. The summed E-state index contributed by atoms with van der Waals surface area (Å²) in [7, 11) is 3.20. The minimum Gasteiger partial charge on any atom is -0.497 e. The van der Waals surface area contributed by atoms with Crippen molar-refractivity contribution in [2.75, 3.05) is 19.0 Å². The summed E-state index contributed by atoms with van der Waals surface area (Å²) in [5.41, 5.74) is 1.12. The number of hydrogen-bond acceptors (Lipinski definition) is 4. The van der Waals surface area contributed by atoms with Gasteiger partial charge in [0.25, 0.3) is 11.8 Å². The van der Waals surface area contributed by atoms with E-state index in [1.54, 1.807) is 31.3 Å². The number of rotatable bonds is 6. The molecule has 1 heterocycles. The van der Waals surface area contributed by atoms with Crippen LogP contribution in [0.4, 0.5) is 5.69 Å². The lowest BCUT2D eigenvalue weighted by Gasteiger charge is -2.10. The number of nitrogens with one attached hydrogen (secondary N) is 2. The van der Waals surface area contributed by atoms with Crippen LogP contribution in [0, 0.1) is 5.92 Å². The maximum absolute atomic E-state index is 12.4. The van der Waals surface area contributed by atoms with Crippen molar-refractivity contribution in [2.45, 2.75) is 13.8 Å². The molecule has 0 aliphatic heterocycles. The number of ether oxygens (including phenoxy) is 1. The third kappa shape index (κ3) is 4.13. The highest BCUT2D eigenvalue weighted by Crippen LogP contribution is 2.18. The van der Waals surface area contributed by atoms with Crippen molar-refractivity contribution in [1.29, 1.82) is 0 Å². The zero-order valence-corrected chi connectivity index (χ0v) is 14.3. The van der Waals surface area contributed by atoms with E-state index < -0.39 is 0 Å². The van der Waals surface area contributed by atoms with Gasteiger partial charge in [0.2, 0.25) is 0 Å². The lowest BCUT2D eigenvalue weighted by molar-refractivity contribution is 0.0940. The minimum absolute atomic E-state index is 0.273. The molecule has 0 aliphatic rings. The second-order valence-electron chi connectivity index (χ2n) is 5.82. The van der Waals surface area contributed by atoms with E-state index in [0.29, 0.717) is 35.2 Å². The molecule has 24 heavy (non-hydrogen) atoms. The molecular formula is C17H22N4O3. The number of hydrogen-bond donors (Lipinski definition) is 2. The molecule has 0 bridgehead atoms. The molecule has 0 aliphatic carbocycles. The summed E-state index contributed by atoms with van der Waals surface area (Å²) >= 11 is 0. The van der Waals surface area contributed by atoms with Crippen molar-refractivity contribution >= 4 is 17.5 Å². The van der Waals surface area contributed by atoms with Crippen molar-refractivity contribution in [3.05, 3.63) is 41.7 Å². The highest BCUT2D eigenvalue weighted by atomic mass is 16.5. The molecule has 0 saturated heterocycles. The first-order valence-corrected chi connectivity index (χ1v) is 7.68. The summed E-state index contributed by atoms with van der Waals surface area (Å²) in [5, 5.41) is 9.62. The maximum Gasteiger partial charge on any atom is 0.271 e. The first kappa shape index (κ1) is 17.5. The molecule has 128 valence electrons. The van der Waals surface area contributed by atoms with Crippen LogP contribution in [0.5, 0.6) is 5.75 Å². The molecule has 0 radical (unpaired) electrons. The van der Waals surface area contributed by atoms with Gasteiger partial charge in [0.05, 0.1) is 19.0 Å². The summed E-state index contributed by atoms with van der Waals surface area (Å²) in [6.07, 6.45) is 1.46. The molecular weight excluding hydrogens is 308 g/mol. The molecule has 1 aromatic heterocycles. The minimum atomic E-state index is -0.334. The Balaban J connectivity index is 2.18. The van der Waals surface area contributed by atoms with Crippen LogP contribution in [-0.4, -0.2) is 35.2 Å². The average Bonchev–Trinajstić information content (AvgIpc) is 2.93. The van der Waals surface area contributed by atoms with Gasteiger partial charge in [-0.15, -0.1) is 0 Å². The molecule has 0 unspecified atom stereocenters. The third-order valence-corrected chi connectivity index (χ3v) is 3.40. The van der Waals surface area contributed by atoms with Gasteiger partial charge in [-0.1, -0.05) is 19.9 Å². The number of aryl methyl sites for hydroxylation is 1. The van der Waals surface area contributed by atoms with Gasteiger partial charge in [0.1, 0.15) is 11.4 Å². The largest absolute Gasteiger partial charge is 0.497 e. The van der Waals surface area contributed by atoms with Gasteiger partial charge in [-0.2, -0.15) is 5.10 Å². The fourth-order valence-electron chi connectivity index (χ4n) is 2.14. The first-order valence-electron chi connectivity index (χ1n) is 7.68. The topological polar surface area (TPSA) is 85.2 Å². The van der Waals surface area contributed by atoms with Crippen LogP contribution in [0.1, 0.15) is 34.7 Å². The van der Waals surface area contributed by atoms with E-state index in [2.05, 4.69) is 15.7 Å². The Bertz CT molecular complexity index is 737. The molecule has 1 aromatic carbocycles. The third-order valence-electron chi connectivity index (χ3n) is 3.40. The molecule has 2 amide bonds. The number of nitrogens with zero attached hydrogens (tertiary/aromatic N) is 2. The Morgan fingerprint density at radius 3 is 2.71 bits per heavy atom.